The lowest BCUT2D eigenvalue weighted by Crippen LogP contribution is -2.25. The molecule has 218 valence electrons. The number of aryl methyl sites for hydroxylation is 1. The van der Waals surface area contributed by atoms with Crippen LogP contribution in [0, 0.1) is 23.6 Å². The van der Waals surface area contributed by atoms with E-state index in [1.165, 1.54) is 77.0 Å². The Hall–Kier alpha value is -2.46. The minimum atomic E-state index is -0.555. The Morgan fingerprint density at radius 3 is 2.23 bits per heavy atom. The summed E-state index contributed by atoms with van der Waals surface area (Å²) in [7, 11) is 0. The number of aliphatic hydroxyl groups excluding tert-OH is 1. The summed E-state index contributed by atoms with van der Waals surface area (Å²) in [5, 5.41) is 8.92. The van der Waals surface area contributed by atoms with Crippen LogP contribution in [-0.4, -0.2) is 24.3 Å². The van der Waals surface area contributed by atoms with E-state index in [4.69, 9.17) is 9.84 Å². The fourth-order valence-electron chi connectivity index (χ4n) is 7.03. The van der Waals surface area contributed by atoms with Crippen LogP contribution >= 0.6 is 0 Å². The van der Waals surface area contributed by atoms with Gasteiger partial charge in [-0.2, -0.15) is 0 Å². The van der Waals surface area contributed by atoms with Gasteiger partial charge in [-0.05, 0) is 97.8 Å². The average molecular weight is 549 g/mol. The zero-order valence-corrected chi connectivity index (χ0v) is 24.5. The first-order chi connectivity index (χ1) is 19.5. The van der Waals surface area contributed by atoms with Crippen molar-refractivity contribution in [2.75, 3.05) is 13.2 Å². The van der Waals surface area contributed by atoms with Gasteiger partial charge in [0.05, 0.1) is 18.8 Å². The number of esters is 1. The van der Waals surface area contributed by atoms with E-state index in [0.29, 0.717) is 17.9 Å². The van der Waals surface area contributed by atoms with Gasteiger partial charge in [0.25, 0.3) is 0 Å². The van der Waals surface area contributed by atoms with Gasteiger partial charge in [-0.25, -0.2) is 9.18 Å². The van der Waals surface area contributed by atoms with Crippen LogP contribution in [0.2, 0.25) is 0 Å². The quantitative estimate of drug-likeness (QED) is 0.154. The van der Waals surface area contributed by atoms with Crippen molar-refractivity contribution in [3.8, 4) is 11.1 Å². The van der Waals surface area contributed by atoms with Crippen LogP contribution in [0.4, 0.5) is 4.39 Å². The van der Waals surface area contributed by atoms with Crippen LogP contribution in [0.1, 0.15) is 107 Å². The Labute approximate surface area is 241 Å². The third-order valence-corrected chi connectivity index (χ3v) is 9.60. The second-order valence-electron chi connectivity index (χ2n) is 12.3. The standard InChI is InChI=1S/C36H49FO3/c1-3-4-5-7-27-9-13-29(14-10-27)30-17-19-31(20-18-30)33-21-22-34(35(37)24-33)32-15-11-28(12-16-32)8-6-23-40-36(39)26(2)25-38/h11-12,15-16,21-22,24,27,29-31,38H,2-10,13-14,17-20,23,25H2,1H3. The highest BCUT2D eigenvalue weighted by Gasteiger charge is 2.31. The summed E-state index contributed by atoms with van der Waals surface area (Å²) >= 11 is 0. The summed E-state index contributed by atoms with van der Waals surface area (Å²) in [5.41, 5.74) is 3.87. The molecule has 2 fully saturated rings. The van der Waals surface area contributed by atoms with Crippen LogP contribution in [0.15, 0.2) is 54.6 Å². The highest BCUT2D eigenvalue weighted by molar-refractivity contribution is 5.87. The SMILES string of the molecule is C=C(CO)C(=O)OCCCc1ccc(-c2ccc(C3CCC(C4CCC(CCCCC)CC4)CC3)cc2F)cc1. The number of benzene rings is 2. The minimum absolute atomic E-state index is 0.0654. The molecular formula is C36H49FO3. The number of hydrogen-bond donors (Lipinski definition) is 1. The van der Waals surface area contributed by atoms with Crippen molar-refractivity contribution in [1.29, 1.82) is 0 Å². The molecule has 2 saturated carbocycles. The van der Waals surface area contributed by atoms with Crippen molar-refractivity contribution < 1.29 is 19.0 Å². The van der Waals surface area contributed by atoms with E-state index in [1.54, 1.807) is 6.07 Å². The number of carbonyl (C=O) groups is 1. The van der Waals surface area contributed by atoms with Crippen molar-refractivity contribution in [3.05, 3.63) is 71.6 Å². The Morgan fingerprint density at radius 2 is 1.60 bits per heavy atom. The number of rotatable bonds is 13. The van der Waals surface area contributed by atoms with E-state index in [-0.39, 0.29) is 24.6 Å². The van der Waals surface area contributed by atoms with Crippen LogP contribution in [0.5, 0.6) is 0 Å². The highest BCUT2D eigenvalue weighted by Crippen LogP contribution is 2.45. The molecule has 2 aliphatic rings. The van der Waals surface area contributed by atoms with Crippen LogP contribution in [0.25, 0.3) is 11.1 Å². The summed E-state index contributed by atoms with van der Waals surface area (Å²) < 4.78 is 20.3. The first-order valence-electron chi connectivity index (χ1n) is 15.8. The van der Waals surface area contributed by atoms with Gasteiger partial charge in [-0.1, -0.05) is 88.4 Å². The molecular weight excluding hydrogens is 499 g/mol. The van der Waals surface area contributed by atoms with Gasteiger partial charge < -0.3 is 9.84 Å². The molecule has 2 aromatic carbocycles. The molecule has 0 unspecified atom stereocenters. The van der Waals surface area contributed by atoms with Crippen molar-refractivity contribution in [1.82, 2.24) is 0 Å². The second-order valence-corrected chi connectivity index (χ2v) is 12.3. The van der Waals surface area contributed by atoms with Crippen molar-refractivity contribution in [2.24, 2.45) is 17.8 Å². The predicted molar refractivity (Wildman–Crippen MR) is 162 cm³/mol. The zero-order chi connectivity index (χ0) is 28.3. The predicted octanol–water partition coefficient (Wildman–Crippen LogP) is 9.18. The van der Waals surface area contributed by atoms with E-state index < -0.39 is 5.97 Å². The Morgan fingerprint density at radius 1 is 0.925 bits per heavy atom. The average Bonchev–Trinajstić information content (AvgIpc) is 2.99. The zero-order valence-electron chi connectivity index (χ0n) is 24.5. The first kappa shape index (κ1) is 30.5. The molecule has 0 aliphatic heterocycles. The number of ether oxygens (including phenoxy) is 1. The minimum Gasteiger partial charge on any atom is -0.462 e. The number of hydrogen-bond acceptors (Lipinski definition) is 3. The number of aliphatic hydroxyl groups is 1. The molecule has 4 rings (SSSR count). The van der Waals surface area contributed by atoms with Crippen LogP contribution in [0.3, 0.4) is 0 Å². The molecule has 2 aromatic rings. The van der Waals surface area contributed by atoms with Gasteiger partial charge in [-0.3, -0.25) is 0 Å². The van der Waals surface area contributed by atoms with Gasteiger partial charge in [0.2, 0.25) is 0 Å². The monoisotopic (exact) mass is 548 g/mol. The third kappa shape index (κ3) is 8.52. The molecule has 0 amide bonds. The maximum absolute atomic E-state index is 15.3. The Kier molecular flexibility index (Phi) is 11.8. The molecule has 0 atom stereocenters. The molecule has 4 heteroatoms. The summed E-state index contributed by atoms with van der Waals surface area (Å²) in [6.07, 6.45) is 17.8. The lowest BCUT2D eigenvalue weighted by atomic mass is 9.68. The van der Waals surface area contributed by atoms with Gasteiger partial charge in [0, 0.05) is 5.56 Å². The van der Waals surface area contributed by atoms with E-state index in [9.17, 15) is 4.79 Å². The van der Waals surface area contributed by atoms with E-state index in [2.05, 4.69) is 19.6 Å². The van der Waals surface area contributed by atoms with Gasteiger partial charge in [0.15, 0.2) is 0 Å². The molecule has 0 radical (unpaired) electrons. The molecule has 0 bridgehead atoms. The number of carbonyl (C=O) groups excluding carboxylic acids is 1. The fourth-order valence-corrected chi connectivity index (χ4v) is 7.03. The Balaban J connectivity index is 1.22. The number of halogens is 1. The molecule has 0 heterocycles. The van der Waals surface area contributed by atoms with Crippen LogP contribution < -0.4 is 0 Å². The maximum Gasteiger partial charge on any atom is 0.335 e. The van der Waals surface area contributed by atoms with Gasteiger partial charge in [0.1, 0.15) is 5.82 Å². The van der Waals surface area contributed by atoms with E-state index >= 15 is 4.39 Å². The first-order valence-corrected chi connectivity index (χ1v) is 15.8. The smallest absolute Gasteiger partial charge is 0.335 e. The maximum atomic E-state index is 15.3. The van der Waals surface area contributed by atoms with E-state index in [0.717, 1.165) is 40.9 Å². The third-order valence-electron chi connectivity index (χ3n) is 9.60. The molecule has 0 spiro atoms. The summed E-state index contributed by atoms with van der Waals surface area (Å²) in [4.78, 5) is 11.6. The van der Waals surface area contributed by atoms with Gasteiger partial charge >= 0.3 is 5.97 Å². The fraction of sp³-hybridized carbons (Fsp3) is 0.583. The second kappa shape index (κ2) is 15.5. The van der Waals surface area contributed by atoms with Gasteiger partial charge in [-0.15, -0.1) is 0 Å². The topological polar surface area (TPSA) is 46.5 Å². The molecule has 1 N–H and O–H groups in total. The van der Waals surface area contributed by atoms with Crippen molar-refractivity contribution >= 4 is 5.97 Å². The van der Waals surface area contributed by atoms with Crippen molar-refractivity contribution in [2.45, 2.75) is 103 Å². The summed E-state index contributed by atoms with van der Waals surface area (Å²) in [5.74, 6) is 2.57. The molecule has 2 aliphatic carbocycles. The van der Waals surface area contributed by atoms with E-state index in [1.807, 2.05) is 30.3 Å². The largest absolute Gasteiger partial charge is 0.462 e. The normalized spacial score (nSPS) is 23.1. The Bertz CT molecular complexity index is 1080. The molecule has 40 heavy (non-hydrogen) atoms. The summed E-state index contributed by atoms with van der Waals surface area (Å²) in [6, 6.07) is 13.8. The lowest BCUT2D eigenvalue weighted by Gasteiger charge is -2.38. The van der Waals surface area contributed by atoms with Crippen molar-refractivity contribution in [3.63, 3.8) is 0 Å². The molecule has 3 nitrogen and oxygen atoms in total. The van der Waals surface area contributed by atoms with Crippen LogP contribution in [-0.2, 0) is 16.0 Å². The lowest BCUT2D eigenvalue weighted by molar-refractivity contribution is -0.139. The number of unbranched alkanes of at least 4 members (excludes halogenated alkanes) is 2. The molecule has 0 saturated heterocycles. The highest BCUT2D eigenvalue weighted by atomic mass is 19.1. The summed E-state index contributed by atoms with van der Waals surface area (Å²) in [6.45, 7) is 5.64. The molecule has 0 aromatic heterocycles.